The molecule has 1 aliphatic carbocycles. The Balaban J connectivity index is 1.88. The largest absolute Gasteiger partial charge is 0.475 e. The van der Waals surface area contributed by atoms with Gasteiger partial charge in [-0.15, -0.1) is 0 Å². The van der Waals surface area contributed by atoms with E-state index in [9.17, 15) is 14.7 Å². The fourth-order valence-corrected chi connectivity index (χ4v) is 2.31. The van der Waals surface area contributed by atoms with Gasteiger partial charge in [0.15, 0.2) is 5.76 Å². The Labute approximate surface area is 110 Å². The van der Waals surface area contributed by atoms with Crippen molar-refractivity contribution in [2.45, 2.75) is 31.8 Å². The van der Waals surface area contributed by atoms with Gasteiger partial charge in [-0.2, -0.15) is 0 Å². The first-order chi connectivity index (χ1) is 9.08. The fraction of sp³-hybridized carbons (Fsp3) is 0.538. The summed E-state index contributed by atoms with van der Waals surface area (Å²) in [6.07, 6.45) is 3.36. The number of amides is 1. The maximum Gasteiger partial charge on any atom is 0.371 e. The van der Waals surface area contributed by atoms with Gasteiger partial charge in [0.1, 0.15) is 0 Å². The number of carboxylic acid groups (broad SMARTS) is 1. The molecule has 0 spiro atoms. The Hall–Kier alpha value is -1.82. The summed E-state index contributed by atoms with van der Waals surface area (Å²) in [5, 5.41) is 21.1. The molecule has 1 aromatic rings. The highest BCUT2D eigenvalue weighted by molar-refractivity contribution is 5.93. The van der Waals surface area contributed by atoms with E-state index in [-0.39, 0.29) is 23.5 Å². The van der Waals surface area contributed by atoms with Crippen molar-refractivity contribution >= 4 is 11.9 Å². The van der Waals surface area contributed by atoms with Gasteiger partial charge in [-0.1, -0.05) is 12.8 Å². The van der Waals surface area contributed by atoms with Crippen molar-refractivity contribution in [3.05, 3.63) is 23.7 Å². The van der Waals surface area contributed by atoms with Gasteiger partial charge in [-0.3, -0.25) is 4.79 Å². The number of aromatic carboxylic acids is 1. The van der Waals surface area contributed by atoms with Crippen LogP contribution in [0, 0.1) is 5.92 Å². The smallest absolute Gasteiger partial charge is 0.371 e. The number of hydrogen-bond acceptors (Lipinski definition) is 4. The standard InChI is InChI=1S/C13H17NO5/c15-9-4-2-1-3-8(9)7-14-12(16)10-5-6-11(19-10)13(17)18/h5-6,8-9,15H,1-4,7H2,(H,14,16)(H,17,18)/t8-,9+/m1/s1. The lowest BCUT2D eigenvalue weighted by Crippen LogP contribution is -2.36. The lowest BCUT2D eigenvalue weighted by atomic mass is 9.86. The highest BCUT2D eigenvalue weighted by Crippen LogP contribution is 2.23. The van der Waals surface area contributed by atoms with Gasteiger partial charge < -0.3 is 19.9 Å². The van der Waals surface area contributed by atoms with Crippen molar-refractivity contribution in [1.82, 2.24) is 5.32 Å². The molecule has 0 aliphatic heterocycles. The summed E-state index contributed by atoms with van der Waals surface area (Å²) in [6, 6.07) is 2.57. The van der Waals surface area contributed by atoms with E-state index in [2.05, 4.69) is 5.32 Å². The van der Waals surface area contributed by atoms with Crippen molar-refractivity contribution in [1.29, 1.82) is 0 Å². The van der Waals surface area contributed by atoms with Gasteiger partial charge in [0.2, 0.25) is 5.76 Å². The second-order valence-electron chi connectivity index (χ2n) is 4.79. The molecule has 2 atom stereocenters. The number of carboxylic acids is 1. The van der Waals surface area contributed by atoms with E-state index in [1.165, 1.54) is 12.1 Å². The molecule has 0 unspecified atom stereocenters. The second-order valence-corrected chi connectivity index (χ2v) is 4.79. The minimum atomic E-state index is -1.21. The quantitative estimate of drug-likeness (QED) is 0.762. The fourth-order valence-electron chi connectivity index (χ4n) is 2.31. The van der Waals surface area contributed by atoms with Crippen molar-refractivity contribution in [2.24, 2.45) is 5.92 Å². The zero-order chi connectivity index (χ0) is 13.8. The van der Waals surface area contributed by atoms with Crippen LogP contribution in [0.5, 0.6) is 0 Å². The third kappa shape index (κ3) is 3.35. The lowest BCUT2D eigenvalue weighted by Gasteiger charge is -2.27. The molecule has 19 heavy (non-hydrogen) atoms. The maximum absolute atomic E-state index is 11.8. The first kappa shape index (κ1) is 13.6. The first-order valence-electron chi connectivity index (χ1n) is 6.37. The van der Waals surface area contributed by atoms with Crippen LogP contribution < -0.4 is 5.32 Å². The van der Waals surface area contributed by atoms with Crippen LogP contribution in [0.1, 0.15) is 46.8 Å². The zero-order valence-corrected chi connectivity index (χ0v) is 10.5. The molecule has 0 saturated heterocycles. The van der Waals surface area contributed by atoms with E-state index in [1.807, 2.05) is 0 Å². The van der Waals surface area contributed by atoms with E-state index in [1.54, 1.807) is 0 Å². The lowest BCUT2D eigenvalue weighted by molar-refractivity contribution is 0.0647. The molecule has 0 bridgehead atoms. The Bertz CT molecular complexity index is 467. The number of carbonyl (C=O) groups is 2. The van der Waals surface area contributed by atoms with Crippen LogP contribution in [0.15, 0.2) is 16.5 Å². The highest BCUT2D eigenvalue weighted by atomic mass is 16.4. The Morgan fingerprint density at radius 1 is 1.26 bits per heavy atom. The molecule has 1 heterocycles. The van der Waals surface area contributed by atoms with Gasteiger partial charge in [-0.05, 0) is 25.0 Å². The van der Waals surface area contributed by atoms with Crippen LogP contribution in [-0.4, -0.2) is 34.7 Å². The van der Waals surface area contributed by atoms with Crippen molar-refractivity contribution in [3.8, 4) is 0 Å². The predicted octanol–water partition coefficient (Wildman–Crippen LogP) is 1.26. The van der Waals surface area contributed by atoms with Crippen LogP contribution in [-0.2, 0) is 0 Å². The number of nitrogens with one attached hydrogen (secondary N) is 1. The zero-order valence-electron chi connectivity index (χ0n) is 10.5. The first-order valence-corrected chi connectivity index (χ1v) is 6.37. The summed E-state index contributed by atoms with van der Waals surface area (Å²) < 4.78 is 4.90. The van der Waals surface area contributed by atoms with Crippen molar-refractivity contribution in [3.63, 3.8) is 0 Å². The molecule has 0 radical (unpaired) electrons. The molecular formula is C13H17NO5. The molecule has 1 fully saturated rings. The highest BCUT2D eigenvalue weighted by Gasteiger charge is 2.24. The van der Waals surface area contributed by atoms with E-state index >= 15 is 0 Å². The summed E-state index contributed by atoms with van der Waals surface area (Å²) in [4.78, 5) is 22.4. The van der Waals surface area contributed by atoms with Gasteiger partial charge in [-0.25, -0.2) is 4.79 Å². The maximum atomic E-state index is 11.8. The van der Waals surface area contributed by atoms with Gasteiger partial charge in [0.25, 0.3) is 5.91 Å². The average molecular weight is 267 g/mol. The minimum absolute atomic E-state index is 0.0253. The van der Waals surface area contributed by atoms with Crippen molar-refractivity contribution < 1.29 is 24.2 Å². The van der Waals surface area contributed by atoms with Crippen LogP contribution in [0.2, 0.25) is 0 Å². The molecule has 1 aromatic heterocycles. The van der Waals surface area contributed by atoms with E-state index < -0.39 is 11.9 Å². The van der Waals surface area contributed by atoms with Gasteiger partial charge in [0, 0.05) is 12.5 Å². The van der Waals surface area contributed by atoms with Crippen LogP contribution in [0.3, 0.4) is 0 Å². The summed E-state index contributed by atoms with van der Waals surface area (Å²) in [7, 11) is 0. The second kappa shape index (κ2) is 5.88. The molecule has 1 aliphatic rings. The van der Waals surface area contributed by atoms with Crippen LogP contribution in [0.25, 0.3) is 0 Å². The Kier molecular flexibility index (Phi) is 4.21. The van der Waals surface area contributed by atoms with Crippen molar-refractivity contribution in [2.75, 3.05) is 6.54 Å². The molecular weight excluding hydrogens is 250 g/mol. The van der Waals surface area contributed by atoms with Gasteiger partial charge in [0.05, 0.1) is 6.10 Å². The normalized spacial score (nSPS) is 23.0. The number of aliphatic hydroxyl groups is 1. The average Bonchev–Trinajstić information content (AvgIpc) is 2.87. The van der Waals surface area contributed by atoms with E-state index in [4.69, 9.17) is 9.52 Å². The number of hydrogen-bond donors (Lipinski definition) is 3. The molecule has 104 valence electrons. The summed E-state index contributed by atoms with van der Waals surface area (Å²) in [6.45, 7) is 0.378. The molecule has 0 aromatic carbocycles. The molecule has 1 amide bonds. The molecule has 3 N–H and O–H groups in total. The minimum Gasteiger partial charge on any atom is -0.475 e. The molecule has 1 saturated carbocycles. The van der Waals surface area contributed by atoms with Crippen LogP contribution in [0.4, 0.5) is 0 Å². The Morgan fingerprint density at radius 2 is 1.95 bits per heavy atom. The summed E-state index contributed by atoms with van der Waals surface area (Å²) >= 11 is 0. The Morgan fingerprint density at radius 3 is 2.58 bits per heavy atom. The summed E-state index contributed by atoms with van der Waals surface area (Å²) in [5.41, 5.74) is 0. The summed E-state index contributed by atoms with van der Waals surface area (Å²) in [5.74, 6) is -1.89. The molecule has 6 nitrogen and oxygen atoms in total. The third-order valence-electron chi connectivity index (χ3n) is 3.43. The number of carbonyl (C=O) groups excluding carboxylic acids is 1. The van der Waals surface area contributed by atoms with E-state index in [0.717, 1.165) is 25.7 Å². The van der Waals surface area contributed by atoms with E-state index in [0.29, 0.717) is 6.54 Å². The van der Waals surface area contributed by atoms with Crippen LogP contribution >= 0.6 is 0 Å². The number of aliphatic hydroxyl groups excluding tert-OH is 1. The SMILES string of the molecule is O=C(O)c1ccc(C(=O)NC[C@H]2CCCC[C@@H]2O)o1. The third-order valence-corrected chi connectivity index (χ3v) is 3.43. The monoisotopic (exact) mass is 267 g/mol. The molecule has 6 heteroatoms. The molecule has 2 rings (SSSR count). The topological polar surface area (TPSA) is 99.8 Å². The number of rotatable bonds is 4. The van der Waals surface area contributed by atoms with Gasteiger partial charge >= 0.3 is 5.97 Å². The predicted molar refractivity (Wildman–Crippen MR) is 66.0 cm³/mol. The number of furan rings is 1.